The lowest BCUT2D eigenvalue weighted by Crippen LogP contribution is -2.38. The molecule has 1 atom stereocenters. The highest BCUT2D eigenvalue weighted by Crippen LogP contribution is 2.34. The Labute approximate surface area is 134 Å². The third kappa shape index (κ3) is 3.34. The summed E-state index contributed by atoms with van der Waals surface area (Å²) in [5.74, 6) is -0.230. The Hall–Kier alpha value is -2.82. The van der Waals surface area contributed by atoms with Crippen molar-refractivity contribution in [2.45, 2.75) is 19.4 Å². The maximum absolute atomic E-state index is 12.1. The van der Waals surface area contributed by atoms with Crippen molar-refractivity contribution in [3.05, 3.63) is 48.5 Å². The van der Waals surface area contributed by atoms with Crippen LogP contribution in [0.5, 0.6) is 5.75 Å². The van der Waals surface area contributed by atoms with Gasteiger partial charge >= 0.3 is 5.97 Å². The second-order valence-electron chi connectivity index (χ2n) is 5.18. The molecule has 1 heterocycles. The van der Waals surface area contributed by atoms with Crippen molar-refractivity contribution < 1.29 is 19.1 Å². The van der Waals surface area contributed by atoms with Crippen LogP contribution in [0.1, 0.15) is 13.3 Å². The molecule has 5 nitrogen and oxygen atoms in total. The highest BCUT2D eigenvalue weighted by molar-refractivity contribution is 6.00. The van der Waals surface area contributed by atoms with Crippen molar-refractivity contribution in [2.24, 2.45) is 0 Å². The molecule has 1 aliphatic rings. The Bertz CT molecular complexity index is 727. The summed E-state index contributed by atoms with van der Waals surface area (Å²) in [5, 5.41) is 2.80. The lowest BCUT2D eigenvalue weighted by Gasteiger charge is -2.25. The molecule has 2 aromatic rings. The Morgan fingerprint density at radius 3 is 2.70 bits per heavy atom. The molecule has 5 heteroatoms. The minimum atomic E-state index is -0.857. The van der Waals surface area contributed by atoms with E-state index in [1.54, 1.807) is 13.0 Å². The van der Waals surface area contributed by atoms with Crippen LogP contribution in [-0.4, -0.2) is 24.6 Å². The number of esters is 1. The number of carbonyl (C=O) groups excluding carboxylic acids is 2. The van der Waals surface area contributed by atoms with Gasteiger partial charge in [0.05, 0.1) is 18.7 Å². The fourth-order valence-electron chi connectivity index (χ4n) is 2.47. The second kappa shape index (κ2) is 6.52. The average molecular weight is 311 g/mol. The summed E-state index contributed by atoms with van der Waals surface area (Å²) >= 11 is 0. The maximum atomic E-state index is 12.1. The molecule has 0 radical (unpaired) electrons. The van der Waals surface area contributed by atoms with Gasteiger partial charge in [0.1, 0.15) is 5.75 Å². The van der Waals surface area contributed by atoms with Crippen molar-refractivity contribution in [1.82, 2.24) is 0 Å². The Morgan fingerprint density at radius 2 is 1.96 bits per heavy atom. The van der Waals surface area contributed by atoms with Crippen LogP contribution in [0.3, 0.4) is 0 Å². The smallest absolute Gasteiger partial charge is 0.310 e. The number of hydrogen-bond donors (Lipinski definition) is 1. The van der Waals surface area contributed by atoms with Crippen LogP contribution in [0.25, 0.3) is 11.1 Å². The first-order chi connectivity index (χ1) is 11.2. The standard InChI is InChI=1S/C18H17NO4/c1-2-22-17(20)11-16-18(21)19-14-10-13(8-9-15(14)23-16)12-6-4-3-5-7-12/h3-10,16H,2,11H2,1H3,(H,19,21). The van der Waals surface area contributed by atoms with E-state index in [-0.39, 0.29) is 18.9 Å². The van der Waals surface area contributed by atoms with Gasteiger partial charge in [-0.1, -0.05) is 36.4 Å². The van der Waals surface area contributed by atoms with Crippen LogP contribution in [0.2, 0.25) is 0 Å². The second-order valence-corrected chi connectivity index (χ2v) is 5.18. The summed E-state index contributed by atoms with van der Waals surface area (Å²) in [4.78, 5) is 23.6. The van der Waals surface area contributed by atoms with E-state index in [1.165, 1.54) is 0 Å². The number of benzene rings is 2. The third-order valence-corrected chi connectivity index (χ3v) is 3.56. The molecule has 0 saturated carbocycles. The molecule has 118 valence electrons. The van der Waals surface area contributed by atoms with Gasteiger partial charge in [-0.25, -0.2) is 0 Å². The molecule has 3 rings (SSSR count). The van der Waals surface area contributed by atoms with Crippen molar-refractivity contribution in [3.63, 3.8) is 0 Å². The number of ether oxygens (including phenoxy) is 2. The molecule has 2 aromatic carbocycles. The van der Waals surface area contributed by atoms with Crippen LogP contribution < -0.4 is 10.1 Å². The molecule has 1 N–H and O–H groups in total. The number of nitrogens with one attached hydrogen (secondary N) is 1. The minimum Gasteiger partial charge on any atom is -0.478 e. The van der Waals surface area contributed by atoms with Gasteiger partial charge < -0.3 is 14.8 Å². The van der Waals surface area contributed by atoms with Gasteiger partial charge in [0.25, 0.3) is 5.91 Å². The summed E-state index contributed by atoms with van der Waals surface area (Å²) in [6.07, 6.45) is -0.955. The first-order valence-electron chi connectivity index (χ1n) is 7.50. The topological polar surface area (TPSA) is 64.6 Å². The van der Waals surface area contributed by atoms with Gasteiger partial charge in [-0.05, 0) is 30.2 Å². The Morgan fingerprint density at radius 1 is 1.17 bits per heavy atom. The number of amides is 1. The van der Waals surface area contributed by atoms with E-state index in [0.29, 0.717) is 11.4 Å². The van der Waals surface area contributed by atoms with E-state index in [4.69, 9.17) is 9.47 Å². The molecular weight excluding hydrogens is 294 g/mol. The van der Waals surface area contributed by atoms with Crippen molar-refractivity contribution in [3.8, 4) is 16.9 Å². The Kier molecular flexibility index (Phi) is 4.28. The zero-order valence-corrected chi connectivity index (χ0v) is 12.7. The first kappa shape index (κ1) is 15.1. The van der Waals surface area contributed by atoms with E-state index in [1.807, 2.05) is 42.5 Å². The lowest BCUT2D eigenvalue weighted by molar-refractivity contribution is -0.147. The van der Waals surface area contributed by atoms with Crippen LogP contribution in [0.15, 0.2) is 48.5 Å². The molecule has 0 fully saturated rings. The van der Waals surface area contributed by atoms with E-state index in [9.17, 15) is 9.59 Å². The normalized spacial score (nSPS) is 16.0. The van der Waals surface area contributed by atoms with Crippen LogP contribution in [0, 0.1) is 0 Å². The molecule has 1 aliphatic heterocycles. The summed E-state index contributed by atoms with van der Waals surface area (Å²) < 4.78 is 10.5. The van der Waals surface area contributed by atoms with E-state index in [0.717, 1.165) is 11.1 Å². The molecule has 1 unspecified atom stereocenters. The third-order valence-electron chi connectivity index (χ3n) is 3.56. The largest absolute Gasteiger partial charge is 0.478 e. The molecule has 0 spiro atoms. The maximum Gasteiger partial charge on any atom is 0.310 e. The zero-order valence-electron chi connectivity index (χ0n) is 12.7. The molecule has 1 amide bonds. The molecule has 0 aliphatic carbocycles. The highest BCUT2D eigenvalue weighted by Gasteiger charge is 2.30. The predicted molar refractivity (Wildman–Crippen MR) is 86.2 cm³/mol. The number of rotatable bonds is 4. The summed E-state index contributed by atoms with van der Waals surface area (Å²) in [6.45, 7) is 2.00. The number of carbonyl (C=O) groups is 2. The van der Waals surface area contributed by atoms with Gasteiger partial charge in [-0.2, -0.15) is 0 Å². The van der Waals surface area contributed by atoms with E-state index < -0.39 is 12.1 Å². The first-order valence-corrected chi connectivity index (χ1v) is 7.50. The zero-order chi connectivity index (χ0) is 16.2. The minimum absolute atomic E-state index is 0.0977. The fraction of sp³-hybridized carbons (Fsp3) is 0.222. The van der Waals surface area contributed by atoms with Crippen LogP contribution in [-0.2, 0) is 14.3 Å². The Balaban J connectivity index is 1.80. The summed E-state index contributed by atoms with van der Waals surface area (Å²) in [6, 6.07) is 15.4. The van der Waals surface area contributed by atoms with Crippen molar-refractivity contribution in [2.75, 3.05) is 11.9 Å². The number of hydrogen-bond acceptors (Lipinski definition) is 4. The summed E-state index contributed by atoms with van der Waals surface area (Å²) in [7, 11) is 0. The predicted octanol–water partition coefficient (Wildman–Crippen LogP) is 3.01. The quantitative estimate of drug-likeness (QED) is 0.882. The fourth-order valence-corrected chi connectivity index (χ4v) is 2.47. The molecule has 0 saturated heterocycles. The molecule has 23 heavy (non-hydrogen) atoms. The van der Waals surface area contributed by atoms with Crippen LogP contribution >= 0.6 is 0 Å². The summed E-state index contributed by atoms with van der Waals surface area (Å²) in [5.41, 5.74) is 2.65. The van der Waals surface area contributed by atoms with E-state index >= 15 is 0 Å². The SMILES string of the molecule is CCOC(=O)CC1Oc2ccc(-c3ccccc3)cc2NC1=O. The number of fused-ring (bicyclic) bond motifs is 1. The molecular formula is C18H17NO4. The van der Waals surface area contributed by atoms with E-state index in [2.05, 4.69) is 5.32 Å². The monoisotopic (exact) mass is 311 g/mol. The van der Waals surface area contributed by atoms with Crippen LogP contribution in [0.4, 0.5) is 5.69 Å². The van der Waals surface area contributed by atoms with Gasteiger partial charge in [0, 0.05) is 0 Å². The lowest BCUT2D eigenvalue weighted by atomic mass is 10.0. The average Bonchev–Trinajstić information content (AvgIpc) is 2.56. The van der Waals surface area contributed by atoms with Crippen molar-refractivity contribution in [1.29, 1.82) is 0 Å². The number of anilines is 1. The highest BCUT2D eigenvalue weighted by atomic mass is 16.5. The van der Waals surface area contributed by atoms with Gasteiger partial charge in [0.2, 0.25) is 0 Å². The van der Waals surface area contributed by atoms with Gasteiger partial charge in [-0.15, -0.1) is 0 Å². The van der Waals surface area contributed by atoms with Crippen molar-refractivity contribution >= 4 is 17.6 Å². The van der Waals surface area contributed by atoms with Gasteiger partial charge in [-0.3, -0.25) is 9.59 Å². The molecule has 0 aromatic heterocycles. The molecule has 0 bridgehead atoms. The van der Waals surface area contributed by atoms with Gasteiger partial charge in [0.15, 0.2) is 6.10 Å².